The molecule has 0 aliphatic carbocycles. The molecular formula is C8H12FNS. The highest BCUT2D eigenvalue weighted by Crippen LogP contribution is 2.25. The summed E-state index contributed by atoms with van der Waals surface area (Å²) in [6, 6.07) is 1.39. The fraction of sp³-hybridized carbons (Fsp3) is 0.500. The van der Waals surface area contributed by atoms with Crippen molar-refractivity contribution in [2.24, 2.45) is 5.73 Å². The Labute approximate surface area is 70.0 Å². The van der Waals surface area contributed by atoms with Crippen LogP contribution in [0.15, 0.2) is 6.07 Å². The summed E-state index contributed by atoms with van der Waals surface area (Å²) in [5.74, 6) is -0.151. The van der Waals surface area contributed by atoms with E-state index in [0.717, 1.165) is 11.3 Å². The Balaban J connectivity index is 2.97. The predicted molar refractivity (Wildman–Crippen MR) is 46.3 cm³/mol. The molecule has 0 fully saturated rings. The van der Waals surface area contributed by atoms with Crippen molar-refractivity contribution in [2.45, 2.75) is 26.3 Å². The van der Waals surface area contributed by atoms with Crippen LogP contribution >= 0.6 is 11.3 Å². The molecule has 1 atom stereocenters. The Hall–Kier alpha value is -0.410. The Morgan fingerprint density at radius 3 is 2.64 bits per heavy atom. The molecule has 1 aromatic rings. The molecule has 0 aliphatic heterocycles. The van der Waals surface area contributed by atoms with Gasteiger partial charge < -0.3 is 5.73 Å². The fourth-order valence-electron chi connectivity index (χ4n) is 0.917. The Morgan fingerprint density at radius 2 is 2.36 bits per heavy atom. The first-order valence-corrected chi connectivity index (χ1v) is 4.50. The molecule has 3 heteroatoms. The van der Waals surface area contributed by atoms with Crippen molar-refractivity contribution in [3.05, 3.63) is 21.6 Å². The van der Waals surface area contributed by atoms with E-state index < -0.39 is 0 Å². The number of hydrogen-bond donors (Lipinski definition) is 1. The molecule has 0 amide bonds. The zero-order valence-electron chi connectivity index (χ0n) is 6.73. The summed E-state index contributed by atoms with van der Waals surface area (Å²) in [7, 11) is 0. The van der Waals surface area contributed by atoms with E-state index in [2.05, 4.69) is 0 Å². The van der Waals surface area contributed by atoms with E-state index >= 15 is 0 Å². The first-order valence-electron chi connectivity index (χ1n) is 3.68. The third-order valence-electron chi connectivity index (χ3n) is 1.53. The molecule has 0 bridgehead atoms. The molecule has 11 heavy (non-hydrogen) atoms. The van der Waals surface area contributed by atoms with Crippen LogP contribution in [0.1, 0.15) is 29.6 Å². The van der Waals surface area contributed by atoms with Gasteiger partial charge in [-0.2, -0.15) is 0 Å². The average Bonchev–Trinajstić information content (AvgIpc) is 2.30. The predicted octanol–water partition coefficient (Wildman–Crippen LogP) is 2.47. The lowest BCUT2D eigenvalue weighted by atomic mass is 10.3. The molecule has 1 aromatic heterocycles. The van der Waals surface area contributed by atoms with E-state index in [4.69, 9.17) is 5.73 Å². The minimum atomic E-state index is -0.180. The Bertz CT molecular complexity index is 242. The van der Waals surface area contributed by atoms with E-state index in [1.165, 1.54) is 11.3 Å². The van der Waals surface area contributed by atoms with E-state index in [1.807, 2.05) is 6.92 Å². The second-order valence-corrected chi connectivity index (χ2v) is 3.74. The molecule has 0 aliphatic rings. The Kier molecular flexibility index (Phi) is 2.62. The highest BCUT2D eigenvalue weighted by atomic mass is 32.1. The maximum Gasteiger partial charge on any atom is 0.138 e. The molecule has 2 N–H and O–H groups in total. The first kappa shape index (κ1) is 8.68. The third-order valence-corrected chi connectivity index (χ3v) is 2.98. The standard InChI is InChI=1S/C8H12FNS/c1-3-6-4-7(9)8(11-6)5(2)10/h4-5H,3,10H2,1-2H3. The molecule has 0 spiro atoms. The number of halogens is 1. The molecule has 1 heterocycles. The molecular weight excluding hydrogens is 161 g/mol. The largest absolute Gasteiger partial charge is 0.323 e. The van der Waals surface area contributed by atoms with Crippen LogP contribution in [0.25, 0.3) is 0 Å². The minimum Gasteiger partial charge on any atom is -0.323 e. The zero-order valence-corrected chi connectivity index (χ0v) is 7.54. The van der Waals surface area contributed by atoms with E-state index in [9.17, 15) is 4.39 Å². The monoisotopic (exact) mass is 173 g/mol. The van der Waals surface area contributed by atoms with E-state index in [-0.39, 0.29) is 11.9 Å². The van der Waals surface area contributed by atoms with Gasteiger partial charge in [-0.25, -0.2) is 4.39 Å². The molecule has 62 valence electrons. The van der Waals surface area contributed by atoms with Crippen molar-refractivity contribution < 1.29 is 4.39 Å². The maximum absolute atomic E-state index is 13.0. The first-order chi connectivity index (χ1) is 5.15. The molecule has 0 saturated heterocycles. The SMILES string of the molecule is CCc1cc(F)c(C(C)N)s1. The van der Waals surface area contributed by atoms with Gasteiger partial charge in [0.2, 0.25) is 0 Å². The fourth-order valence-corrected chi connectivity index (χ4v) is 1.85. The van der Waals surface area contributed by atoms with Crippen LogP contribution in [0, 0.1) is 5.82 Å². The van der Waals surface area contributed by atoms with Crippen LogP contribution in [0.2, 0.25) is 0 Å². The summed E-state index contributed by atoms with van der Waals surface area (Å²) in [6.07, 6.45) is 0.883. The zero-order chi connectivity index (χ0) is 8.43. The van der Waals surface area contributed by atoms with E-state index in [0.29, 0.717) is 4.88 Å². The topological polar surface area (TPSA) is 26.0 Å². The van der Waals surface area contributed by atoms with Crippen molar-refractivity contribution in [1.82, 2.24) is 0 Å². The molecule has 1 nitrogen and oxygen atoms in total. The summed E-state index contributed by atoms with van der Waals surface area (Å²) in [5.41, 5.74) is 5.55. The number of hydrogen-bond acceptors (Lipinski definition) is 2. The quantitative estimate of drug-likeness (QED) is 0.730. The van der Waals surface area contributed by atoms with Crippen molar-refractivity contribution in [2.75, 3.05) is 0 Å². The van der Waals surface area contributed by atoms with E-state index in [1.54, 1.807) is 13.0 Å². The van der Waals surface area contributed by atoms with Crippen LogP contribution < -0.4 is 5.73 Å². The normalized spacial score (nSPS) is 13.5. The summed E-state index contributed by atoms with van der Waals surface area (Å²) in [6.45, 7) is 3.81. The highest BCUT2D eigenvalue weighted by Gasteiger charge is 2.10. The lowest BCUT2D eigenvalue weighted by Crippen LogP contribution is -2.03. The smallest absolute Gasteiger partial charge is 0.138 e. The minimum absolute atomic E-state index is 0.151. The van der Waals surface area contributed by atoms with Crippen molar-refractivity contribution in [3.63, 3.8) is 0 Å². The average molecular weight is 173 g/mol. The molecule has 0 aromatic carbocycles. The number of nitrogens with two attached hydrogens (primary N) is 1. The number of aryl methyl sites for hydroxylation is 1. The molecule has 1 unspecified atom stereocenters. The Morgan fingerprint density at radius 1 is 1.73 bits per heavy atom. The van der Waals surface area contributed by atoms with Crippen LogP contribution in [0.4, 0.5) is 4.39 Å². The molecule has 1 rings (SSSR count). The highest BCUT2D eigenvalue weighted by molar-refractivity contribution is 7.12. The van der Waals surface area contributed by atoms with Gasteiger partial charge in [-0.15, -0.1) is 11.3 Å². The van der Waals surface area contributed by atoms with Crippen molar-refractivity contribution >= 4 is 11.3 Å². The van der Waals surface area contributed by atoms with Gasteiger partial charge in [-0.05, 0) is 19.4 Å². The van der Waals surface area contributed by atoms with Gasteiger partial charge in [-0.1, -0.05) is 6.92 Å². The maximum atomic E-state index is 13.0. The number of thiophene rings is 1. The summed E-state index contributed by atoms with van der Waals surface area (Å²) in [5, 5.41) is 0. The second kappa shape index (κ2) is 3.32. The lowest BCUT2D eigenvalue weighted by Gasteiger charge is -1.98. The van der Waals surface area contributed by atoms with Crippen LogP contribution in [0.5, 0.6) is 0 Å². The van der Waals surface area contributed by atoms with Gasteiger partial charge in [-0.3, -0.25) is 0 Å². The van der Waals surface area contributed by atoms with Crippen LogP contribution in [-0.4, -0.2) is 0 Å². The third kappa shape index (κ3) is 1.79. The summed E-state index contributed by atoms with van der Waals surface area (Å²) >= 11 is 1.47. The van der Waals surface area contributed by atoms with Gasteiger partial charge in [0.25, 0.3) is 0 Å². The van der Waals surface area contributed by atoms with Gasteiger partial charge >= 0.3 is 0 Å². The van der Waals surface area contributed by atoms with Crippen molar-refractivity contribution in [3.8, 4) is 0 Å². The van der Waals surface area contributed by atoms with Crippen LogP contribution in [0.3, 0.4) is 0 Å². The second-order valence-electron chi connectivity index (χ2n) is 2.57. The molecule has 0 saturated carbocycles. The van der Waals surface area contributed by atoms with Gasteiger partial charge in [0.1, 0.15) is 5.82 Å². The van der Waals surface area contributed by atoms with Crippen molar-refractivity contribution in [1.29, 1.82) is 0 Å². The van der Waals surface area contributed by atoms with Crippen LogP contribution in [-0.2, 0) is 6.42 Å². The number of rotatable bonds is 2. The summed E-state index contributed by atoms with van der Waals surface area (Å²) in [4.78, 5) is 1.73. The van der Waals surface area contributed by atoms with Gasteiger partial charge in [0, 0.05) is 10.9 Å². The molecule has 0 radical (unpaired) electrons. The van der Waals surface area contributed by atoms with Gasteiger partial charge in [0.15, 0.2) is 0 Å². The summed E-state index contributed by atoms with van der Waals surface area (Å²) < 4.78 is 13.0. The van der Waals surface area contributed by atoms with Gasteiger partial charge in [0.05, 0.1) is 4.88 Å². The lowest BCUT2D eigenvalue weighted by molar-refractivity contribution is 0.604.